The van der Waals surface area contributed by atoms with Crippen molar-refractivity contribution in [2.45, 2.75) is 13.3 Å². The number of benzene rings is 1. The highest BCUT2D eigenvalue weighted by Crippen LogP contribution is 2.33. The Kier molecular flexibility index (Phi) is 4.74. The number of pyridine rings is 1. The summed E-state index contributed by atoms with van der Waals surface area (Å²) in [5.74, 6) is -0.0497. The van der Waals surface area contributed by atoms with Crippen molar-refractivity contribution in [1.82, 2.24) is 4.98 Å². The Morgan fingerprint density at radius 1 is 1.32 bits per heavy atom. The molecular formula is C18H17N3O4. The molecule has 1 aromatic heterocycles. The lowest BCUT2D eigenvalue weighted by Crippen LogP contribution is -2.40. The van der Waals surface area contributed by atoms with Crippen LogP contribution in [0.2, 0.25) is 0 Å². The van der Waals surface area contributed by atoms with Crippen molar-refractivity contribution in [3.63, 3.8) is 0 Å². The third kappa shape index (κ3) is 3.82. The van der Waals surface area contributed by atoms with Crippen LogP contribution >= 0.6 is 0 Å². The first-order chi connectivity index (χ1) is 12.0. The maximum atomic E-state index is 12.2. The fraction of sp³-hybridized carbons (Fsp3) is 0.222. The average Bonchev–Trinajstić information content (AvgIpc) is 2.61. The van der Waals surface area contributed by atoms with Crippen LogP contribution in [0.15, 0.2) is 42.7 Å². The van der Waals surface area contributed by atoms with Gasteiger partial charge in [0.1, 0.15) is 5.75 Å². The molecule has 0 saturated carbocycles. The third-order valence-corrected chi connectivity index (χ3v) is 3.82. The number of rotatable bonds is 5. The Hall–Kier alpha value is -3.22. The second kappa shape index (κ2) is 7.12. The van der Waals surface area contributed by atoms with Crippen LogP contribution in [0, 0.1) is 0 Å². The molecule has 0 radical (unpaired) electrons. The van der Waals surface area contributed by atoms with E-state index in [1.807, 2.05) is 0 Å². The Labute approximate surface area is 144 Å². The van der Waals surface area contributed by atoms with Gasteiger partial charge in [0, 0.05) is 24.7 Å². The summed E-state index contributed by atoms with van der Waals surface area (Å²) in [6.07, 6.45) is 3.28. The van der Waals surface area contributed by atoms with Gasteiger partial charge in [-0.15, -0.1) is 0 Å². The monoisotopic (exact) mass is 339 g/mol. The van der Waals surface area contributed by atoms with Crippen molar-refractivity contribution in [2.24, 2.45) is 0 Å². The highest BCUT2D eigenvalue weighted by Gasteiger charge is 2.26. The number of Topliss-reactive ketones (excluding diaryl/α,β-unsaturated/α-hetero) is 1. The number of fused-ring (bicyclic) bond motifs is 1. The smallest absolute Gasteiger partial charge is 0.265 e. The summed E-state index contributed by atoms with van der Waals surface area (Å²) in [5.41, 5.74) is 1.60. The number of aromatic nitrogens is 1. The zero-order valence-electron chi connectivity index (χ0n) is 13.7. The average molecular weight is 339 g/mol. The first-order valence-electron chi connectivity index (χ1n) is 7.82. The number of carbonyl (C=O) groups excluding carboxylic acids is 3. The summed E-state index contributed by atoms with van der Waals surface area (Å²) in [5, 5.41) is 2.73. The van der Waals surface area contributed by atoms with E-state index in [1.54, 1.807) is 42.7 Å². The predicted molar refractivity (Wildman–Crippen MR) is 91.8 cm³/mol. The van der Waals surface area contributed by atoms with Gasteiger partial charge in [0.25, 0.3) is 5.91 Å². The van der Waals surface area contributed by atoms with Crippen LogP contribution in [0.5, 0.6) is 5.75 Å². The molecule has 0 fully saturated rings. The summed E-state index contributed by atoms with van der Waals surface area (Å²) < 4.78 is 5.39. The highest BCUT2D eigenvalue weighted by molar-refractivity contribution is 6.02. The van der Waals surface area contributed by atoms with Crippen molar-refractivity contribution in [3.8, 4) is 5.75 Å². The maximum Gasteiger partial charge on any atom is 0.265 e. The van der Waals surface area contributed by atoms with E-state index in [2.05, 4.69) is 10.3 Å². The fourth-order valence-corrected chi connectivity index (χ4v) is 2.54. The minimum atomic E-state index is -0.248. The summed E-state index contributed by atoms with van der Waals surface area (Å²) in [7, 11) is 0. The SMILES string of the molecule is CC(=O)c1ccc2c(c1)N(CCC(=O)Nc1cccnc1)C(=O)CO2. The van der Waals surface area contributed by atoms with Gasteiger partial charge in [-0.2, -0.15) is 0 Å². The van der Waals surface area contributed by atoms with Gasteiger partial charge < -0.3 is 15.0 Å². The topological polar surface area (TPSA) is 88.6 Å². The van der Waals surface area contributed by atoms with E-state index in [0.29, 0.717) is 22.7 Å². The molecule has 2 aromatic rings. The normalized spacial score (nSPS) is 13.0. The molecule has 2 amide bonds. The molecule has 0 unspecified atom stereocenters. The molecule has 25 heavy (non-hydrogen) atoms. The molecule has 0 atom stereocenters. The molecule has 7 heteroatoms. The van der Waals surface area contributed by atoms with Crippen LogP contribution < -0.4 is 15.0 Å². The predicted octanol–water partition coefficient (Wildman–Crippen LogP) is 2.04. The molecule has 1 aliphatic heterocycles. The van der Waals surface area contributed by atoms with Gasteiger partial charge in [0.2, 0.25) is 5.91 Å². The molecule has 3 rings (SSSR count). The summed E-state index contributed by atoms with van der Waals surface area (Å²) in [6.45, 7) is 1.57. The molecule has 7 nitrogen and oxygen atoms in total. The Balaban J connectivity index is 1.72. The van der Waals surface area contributed by atoms with Crippen LogP contribution in [-0.4, -0.2) is 35.7 Å². The van der Waals surface area contributed by atoms with Crippen LogP contribution in [-0.2, 0) is 9.59 Å². The van der Waals surface area contributed by atoms with Crippen molar-refractivity contribution < 1.29 is 19.1 Å². The zero-order chi connectivity index (χ0) is 17.8. The standard InChI is InChI=1S/C18H17N3O4/c1-12(22)13-4-5-16-15(9-13)21(18(24)11-25-16)8-6-17(23)20-14-3-2-7-19-10-14/h2-5,7,9-10H,6,8,11H2,1H3,(H,20,23). The van der Waals surface area contributed by atoms with Crippen molar-refractivity contribution in [2.75, 3.05) is 23.4 Å². The van der Waals surface area contributed by atoms with E-state index < -0.39 is 0 Å². The third-order valence-electron chi connectivity index (χ3n) is 3.82. The lowest BCUT2D eigenvalue weighted by atomic mass is 10.1. The summed E-state index contributed by atoms with van der Waals surface area (Å²) in [6, 6.07) is 8.40. The van der Waals surface area contributed by atoms with Crippen LogP contribution in [0.4, 0.5) is 11.4 Å². The van der Waals surface area contributed by atoms with E-state index in [-0.39, 0.29) is 37.2 Å². The van der Waals surface area contributed by atoms with Gasteiger partial charge in [0.05, 0.1) is 17.6 Å². The highest BCUT2D eigenvalue weighted by atomic mass is 16.5. The maximum absolute atomic E-state index is 12.2. The Morgan fingerprint density at radius 3 is 2.88 bits per heavy atom. The van der Waals surface area contributed by atoms with Crippen LogP contribution in [0.3, 0.4) is 0 Å². The van der Waals surface area contributed by atoms with Crippen LogP contribution in [0.25, 0.3) is 0 Å². The number of amides is 2. The molecule has 2 heterocycles. The number of nitrogens with one attached hydrogen (secondary N) is 1. The summed E-state index contributed by atoms with van der Waals surface area (Å²) >= 11 is 0. The minimum Gasteiger partial charge on any atom is -0.482 e. The molecule has 1 N–H and O–H groups in total. The second-order valence-corrected chi connectivity index (χ2v) is 5.61. The number of ether oxygens (including phenoxy) is 1. The van der Waals surface area contributed by atoms with Gasteiger partial charge in [0.15, 0.2) is 12.4 Å². The lowest BCUT2D eigenvalue weighted by molar-refractivity contribution is -0.121. The van der Waals surface area contributed by atoms with Crippen LogP contribution in [0.1, 0.15) is 23.7 Å². The first-order valence-corrected chi connectivity index (χ1v) is 7.82. The number of hydrogen-bond donors (Lipinski definition) is 1. The number of ketones is 1. The fourth-order valence-electron chi connectivity index (χ4n) is 2.54. The molecule has 0 saturated heterocycles. The van der Waals surface area contributed by atoms with Crippen molar-refractivity contribution in [1.29, 1.82) is 0 Å². The number of carbonyl (C=O) groups is 3. The molecule has 1 aromatic carbocycles. The van der Waals surface area contributed by atoms with Crippen molar-refractivity contribution in [3.05, 3.63) is 48.3 Å². The van der Waals surface area contributed by atoms with E-state index >= 15 is 0 Å². The lowest BCUT2D eigenvalue weighted by Gasteiger charge is -2.29. The van der Waals surface area contributed by atoms with Gasteiger partial charge in [-0.05, 0) is 37.3 Å². The van der Waals surface area contributed by atoms with E-state index in [0.717, 1.165) is 0 Å². The molecule has 0 spiro atoms. The molecule has 1 aliphatic rings. The number of anilines is 2. The van der Waals surface area contributed by atoms with Gasteiger partial charge in [-0.25, -0.2) is 0 Å². The van der Waals surface area contributed by atoms with E-state index in [1.165, 1.54) is 11.8 Å². The van der Waals surface area contributed by atoms with E-state index in [4.69, 9.17) is 4.74 Å². The van der Waals surface area contributed by atoms with Crippen molar-refractivity contribution >= 4 is 29.0 Å². The first kappa shape index (κ1) is 16.6. The van der Waals surface area contributed by atoms with E-state index in [9.17, 15) is 14.4 Å². The Morgan fingerprint density at radius 2 is 2.16 bits per heavy atom. The molecule has 128 valence electrons. The minimum absolute atomic E-state index is 0.0867. The zero-order valence-corrected chi connectivity index (χ0v) is 13.7. The van der Waals surface area contributed by atoms with Gasteiger partial charge >= 0.3 is 0 Å². The Bertz CT molecular complexity index is 820. The number of nitrogens with zero attached hydrogens (tertiary/aromatic N) is 2. The molecule has 0 bridgehead atoms. The second-order valence-electron chi connectivity index (χ2n) is 5.61. The molecular weight excluding hydrogens is 322 g/mol. The van der Waals surface area contributed by atoms with Gasteiger partial charge in [-0.3, -0.25) is 19.4 Å². The molecule has 0 aliphatic carbocycles. The number of hydrogen-bond acceptors (Lipinski definition) is 5. The van der Waals surface area contributed by atoms with Gasteiger partial charge in [-0.1, -0.05) is 0 Å². The largest absolute Gasteiger partial charge is 0.482 e. The summed E-state index contributed by atoms with van der Waals surface area (Å²) in [4.78, 5) is 41.3. The quantitative estimate of drug-likeness (QED) is 0.842.